The first-order valence-electron chi connectivity index (χ1n) is 3.21. The highest BCUT2D eigenvalue weighted by Crippen LogP contribution is 2.28. The molecule has 1 rings (SSSR count). The number of nitrogens with two attached hydrogens (primary N) is 1. The quantitative estimate of drug-likeness (QED) is 0.476. The van der Waals surface area contributed by atoms with E-state index in [0.717, 1.165) is 17.3 Å². The van der Waals surface area contributed by atoms with Crippen LogP contribution in [0.2, 0.25) is 0 Å². The van der Waals surface area contributed by atoms with Crippen LogP contribution in [0, 0.1) is 7.14 Å². The fraction of sp³-hybridized carbons (Fsp3) is 0. The maximum Gasteiger partial charge on any atom is 0.168 e. The number of anilines is 1. The van der Waals surface area contributed by atoms with Gasteiger partial charge in [0.15, 0.2) is 5.11 Å². The van der Waals surface area contributed by atoms with E-state index in [1.165, 1.54) is 0 Å². The van der Waals surface area contributed by atoms with Gasteiger partial charge >= 0.3 is 0 Å². The Morgan fingerprint density at radius 3 is 2.23 bits per heavy atom. The van der Waals surface area contributed by atoms with Gasteiger partial charge in [-0.25, -0.2) is 0 Å². The third-order valence-electron chi connectivity index (χ3n) is 1.26. The summed E-state index contributed by atoms with van der Waals surface area (Å²) >= 11 is 12.7. The van der Waals surface area contributed by atoms with Crippen LogP contribution in [0.15, 0.2) is 16.6 Å². The molecule has 0 aliphatic rings. The number of benzene rings is 1. The number of hydrogen-bond donors (Lipinski definition) is 2. The van der Waals surface area contributed by atoms with Gasteiger partial charge in [0.1, 0.15) is 0 Å². The molecule has 13 heavy (non-hydrogen) atoms. The van der Waals surface area contributed by atoms with E-state index < -0.39 is 0 Å². The summed E-state index contributed by atoms with van der Waals surface area (Å²) in [4.78, 5) is 0. The molecule has 0 aliphatic carbocycles. The molecule has 1 aromatic carbocycles. The van der Waals surface area contributed by atoms with E-state index in [4.69, 9.17) is 18.0 Å². The molecule has 2 nitrogen and oxygen atoms in total. The summed E-state index contributed by atoms with van der Waals surface area (Å²) in [7, 11) is 0. The molecule has 0 saturated carbocycles. The molecule has 1 aromatic rings. The number of thiocarbonyl (C=S) groups is 1. The second-order valence-corrected chi connectivity index (χ2v) is 5.91. The smallest absolute Gasteiger partial charge is 0.168 e. The van der Waals surface area contributed by atoms with Crippen molar-refractivity contribution in [3.63, 3.8) is 0 Å². The predicted octanol–water partition coefficient (Wildman–Crippen LogP) is 3.31. The van der Waals surface area contributed by atoms with Gasteiger partial charge in [0, 0.05) is 11.6 Å². The molecule has 0 unspecified atom stereocenters. The minimum absolute atomic E-state index is 0.290. The lowest BCUT2D eigenvalue weighted by molar-refractivity contribution is 1.50. The van der Waals surface area contributed by atoms with Crippen LogP contribution in [0.1, 0.15) is 0 Å². The van der Waals surface area contributed by atoms with Crippen molar-refractivity contribution in [2.75, 3.05) is 5.32 Å². The zero-order valence-corrected chi connectivity index (χ0v) is 13.0. The average molecular weight is 483 g/mol. The van der Waals surface area contributed by atoms with Crippen LogP contribution in [0.4, 0.5) is 5.69 Å². The lowest BCUT2D eigenvalue weighted by atomic mass is 10.3. The summed E-state index contributed by atoms with van der Waals surface area (Å²) in [5.74, 6) is 0. The highest BCUT2D eigenvalue weighted by Gasteiger charge is 2.06. The molecule has 0 spiro atoms. The van der Waals surface area contributed by atoms with E-state index in [1.807, 2.05) is 12.1 Å². The molecule has 0 aromatic heterocycles. The maximum absolute atomic E-state index is 5.40. The van der Waals surface area contributed by atoms with Crippen molar-refractivity contribution in [1.29, 1.82) is 0 Å². The largest absolute Gasteiger partial charge is 0.376 e. The van der Waals surface area contributed by atoms with Gasteiger partial charge in [0.25, 0.3) is 0 Å². The molecule has 0 saturated heterocycles. The Morgan fingerprint density at radius 1 is 1.38 bits per heavy atom. The fourth-order valence-electron chi connectivity index (χ4n) is 0.785. The second kappa shape index (κ2) is 5.08. The highest BCUT2D eigenvalue weighted by atomic mass is 127. The molecule has 6 heteroatoms. The molecule has 0 atom stereocenters. The van der Waals surface area contributed by atoms with Crippen LogP contribution in [-0.2, 0) is 0 Å². The zero-order chi connectivity index (χ0) is 10.0. The molecule has 70 valence electrons. The Labute approximate surface area is 117 Å². The molecule has 0 fully saturated rings. The van der Waals surface area contributed by atoms with Crippen LogP contribution >= 0.6 is 73.3 Å². The standard InChI is InChI=1S/C7H5BrI2N2S/c8-3-1-4(9)6(5(10)2-3)12-7(11)13/h1-2H,(H3,11,12,13). The van der Waals surface area contributed by atoms with Crippen molar-refractivity contribution in [3.8, 4) is 0 Å². The van der Waals surface area contributed by atoms with E-state index in [9.17, 15) is 0 Å². The molecule has 0 heterocycles. The highest BCUT2D eigenvalue weighted by molar-refractivity contribution is 14.1. The normalized spacial score (nSPS) is 9.77. The minimum atomic E-state index is 0.290. The fourth-order valence-corrected chi connectivity index (χ4v) is 4.24. The Hall–Kier alpha value is 0.850. The zero-order valence-electron chi connectivity index (χ0n) is 6.27. The molecule has 0 radical (unpaired) electrons. The Bertz CT molecular complexity index is 333. The molecule has 0 amide bonds. The summed E-state index contributed by atoms with van der Waals surface area (Å²) in [5, 5.41) is 3.23. The minimum Gasteiger partial charge on any atom is -0.376 e. The van der Waals surface area contributed by atoms with Gasteiger partial charge in [-0.05, 0) is 69.5 Å². The summed E-state index contributed by atoms with van der Waals surface area (Å²) in [6.07, 6.45) is 0. The van der Waals surface area contributed by atoms with Crippen molar-refractivity contribution < 1.29 is 0 Å². The Kier molecular flexibility index (Phi) is 4.66. The van der Waals surface area contributed by atoms with E-state index in [-0.39, 0.29) is 5.11 Å². The van der Waals surface area contributed by atoms with Crippen LogP contribution in [-0.4, -0.2) is 5.11 Å². The van der Waals surface area contributed by atoms with E-state index in [0.29, 0.717) is 0 Å². The van der Waals surface area contributed by atoms with Crippen LogP contribution in [0.5, 0.6) is 0 Å². The molecule has 3 N–H and O–H groups in total. The van der Waals surface area contributed by atoms with E-state index >= 15 is 0 Å². The third kappa shape index (κ3) is 3.48. The topological polar surface area (TPSA) is 38.0 Å². The van der Waals surface area contributed by atoms with Crippen molar-refractivity contribution >= 4 is 84.1 Å². The number of nitrogens with one attached hydrogen (secondary N) is 1. The van der Waals surface area contributed by atoms with Gasteiger partial charge in [0.05, 0.1) is 5.69 Å². The first-order chi connectivity index (χ1) is 6.00. The van der Waals surface area contributed by atoms with Gasteiger partial charge < -0.3 is 11.1 Å². The van der Waals surface area contributed by atoms with Crippen molar-refractivity contribution in [1.82, 2.24) is 0 Å². The summed E-state index contributed by atoms with van der Waals surface area (Å²) < 4.78 is 3.23. The molecule has 0 bridgehead atoms. The van der Waals surface area contributed by atoms with E-state index in [1.54, 1.807) is 0 Å². The van der Waals surface area contributed by atoms with Crippen molar-refractivity contribution in [2.24, 2.45) is 5.73 Å². The van der Waals surface area contributed by atoms with Gasteiger partial charge in [-0.2, -0.15) is 0 Å². The first-order valence-corrected chi connectivity index (χ1v) is 6.57. The number of rotatable bonds is 1. The molecule has 0 aliphatic heterocycles. The second-order valence-electron chi connectivity index (χ2n) is 2.23. The van der Waals surface area contributed by atoms with Crippen LogP contribution < -0.4 is 11.1 Å². The lowest BCUT2D eigenvalue weighted by Crippen LogP contribution is -2.20. The third-order valence-corrected chi connectivity index (χ3v) is 3.52. The summed E-state index contributed by atoms with van der Waals surface area (Å²) in [6.45, 7) is 0. The maximum atomic E-state index is 5.40. The van der Waals surface area contributed by atoms with Gasteiger partial charge in [0.2, 0.25) is 0 Å². The predicted molar refractivity (Wildman–Crippen MR) is 80.0 cm³/mol. The van der Waals surface area contributed by atoms with Gasteiger partial charge in [-0.15, -0.1) is 0 Å². The summed E-state index contributed by atoms with van der Waals surface area (Å²) in [6, 6.07) is 4.01. The van der Waals surface area contributed by atoms with Crippen LogP contribution in [0.3, 0.4) is 0 Å². The van der Waals surface area contributed by atoms with Crippen molar-refractivity contribution in [3.05, 3.63) is 23.7 Å². The summed E-state index contributed by atoms with van der Waals surface area (Å²) in [5.41, 5.74) is 6.37. The monoisotopic (exact) mass is 482 g/mol. The SMILES string of the molecule is NC(=S)Nc1c(I)cc(Br)cc1I. The lowest BCUT2D eigenvalue weighted by Gasteiger charge is -2.09. The van der Waals surface area contributed by atoms with Crippen molar-refractivity contribution in [2.45, 2.75) is 0 Å². The Morgan fingerprint density at radius 2 is 1.85 bits per heavy atom. The Balaban J connectivity index is 3.13. The number of hydrogen-bond acceptors (Lipinski definition) is 1. The molecular weight excluding hydrogens is 478 g/mol. The van der Waals surface area contributed by atoms with E-state index in [2.05, 4.69) is 66.4 Å². The average Bonchev–Trinajstić information content (AvgIpc) is 1.96. The number of halogens is 3. The van der Waals surface area contributed by atoms with Crippen LogP contribution in [0.25, 0.3) is 0 Å². The van der Waals surface area contributed by atoms with Gasteiger partial charge in [-0.3, -0.25) is 0 Å². The van der Waals surface area contributed by atoms with Gasteiger partial charge in [-0.1, -0.05) is 15.9 Å². The molecular formula is C7H5BrI2N2S. The first kappa shape index (κ1) is 11.9.